The van der Waals surface area contributed by atoms with Gasteiger partial charge in [-0.15, -0.1) is 0 Å². The van der Waals surface area contributed by atoms with E-state index >= 15 is 0 Å². The Labute approximate surface area is 80.1 Å². The average molecular weight is 188 g/mol. The van der Waals surface area contributed by atoms with Gasteiger partial charge in [0.1, 0.15) is 5.60 Å². The van der Waals surface area contributed by atoms with Gasteiger partial charge >= 0.3 is 0 Å². The molecule has 0 fully saturated rings. The number of hydrogen-bond acceptors (Lipinski definition) is 3. The fraction of sp³-hybridized carbons (Fsp3) is 0.900. The van der Waals surface area contributed by atoms with Crippen LogP contribution in [0.5, 0.6) is 0 Å². The summed E-state index contributed by atoms with van der Waals surface area (Å²) in [5.74, 6) is -0.0606. The second-order valence-electron chi connectivity index (χ2n) is 3.26. The molecule has 0 bridgehead atoms. The molecule has 78 valence electrons. The van der Waals surface area contributed by atoms with Gasteiger partial charge in [-0.3, -0.25) is 4.79 Å². The molecule has 3 nitrogen and oxygen atoms in total. The van der Waals surface area contributed by atoms with Gasteiger partial charge in [-0.2, -0.15) is 0 Å². The number of ether oxygens (including phenoxy) is 1. The van der Waals surface area contributed by atoms with Crippen LogP contribution < -0.4 is 0 Å². The molecular weight excluding hydrogens is 168 g/mol. The predicted octanol–water partition coefficient (Wildman–Crippen LogP) is 1.53. The van der Waals surface area contributed by atoms with Crippen molar-refractivity contribution >= 4 is 5.78 Å². The average Bonchev–Trinajstić information content (AvgIpc) is 2.17. The molecule has 0 aliphatic carbocycles. The third kappa shape index (κ3) is 3.87. The normalized spacial score (nSPS) is 11.7. The molecule has 1 N–H and O–H groups in total. The zero-order chi connectivity index (χ0) is 10.3. The second-order valence-corrected chi connectivity index (χ2v) is 3.26. The van der Waals surface area contributed by atoms with Crippen molar-refractivity contribution in [3.8, 4) is 0 Å². The maximum Gasteiger partial charge on any atom is 0.164 e. The van der Waals surface area contributed by atoms with Crippen molar-refractivity contribution in [3.63, 3.8) is 0 Å². The van der Waals surface area contributed by atoms with E-state index in [9.17, 15) is 9.90 Å². The lowest BCUT2D eigenvalue weighted by Gasteiger charge is -2.23. The third-order valence-electron chi connectivity index (χ3n) is 2.44. The molecule has 0 amide bonds. The number of methoxy groups -OCH3 is 1. The number of aliphatic hydroxyl groups is 1. The van der Waals surface area contributed by atoms with E-state index in [0.29, 0.717) is 32.3 Å². The van der Waals surface area contributed by atoms with Crippen molar-refractivity contribution < 1.29 is 14.6 Å². The van der Waals surface area contributed by atoms with E-state index in [2.05, 4.69) is 0 Å². The Morgan fingerprint density at radius 1 is 1.38 bits per heavy atom. The number of ketones is 1. The minimum Gasteiger partial charge on any atom is -0.385 e. The first-order valence-corrected chi connectivity index (χ1v) is 4.85. The summed E-state index contributed by atoms with van der Waals surface area (Å²) in [7, 11) is 1.61. The molecule has 0 aromatic carbocycles. The smallest absolute Gasteiger partial charge is 0.164 e. The lowest BCUT2D eigenvalue weighted by atomic mass is 9.90. The molecule has 0 saturated carbocycles. The Morgan fingerprint density at radius 2 is 1.92 bits per heavy atom. The Balaban J connectivity index is 3.92. The first-order chi connectivity index (χ1) is 6.10. The Morgan fingerprint density at radius 3 is 2.31 bits per heavy atom. The highest BCUT2D eigenvalue weighted by molar-refractivity contribution is 5.86. The van der Waals surface area contributed by atoms with Gasteiger partial charge in [0.25, 0.3) is 0 Å². The molecule has 0 radical (unpaired) electrons. The lowest BCUT2D eigenvalue weighted by Crippen LogP contribution is -2.37. The largest absolute Gasteiger partial charge is 0.385 e. The molecule has 0 aromatic rings. The van der Waals surface area contributed by atoms with E-state index in [0.717, 1.165) is 0 Å². The Hall–Kier alpha value is -0.410. The van der Waals surface area contributed by atoms with E-state index in [1.165, 1.54) is 0 Å². The van der Waals surface area contributed by atoms with Crippen LogP contribution in [0.25, 0.3) is 0 Å². The summed E-state index contributed by atoms with van der Waals surface area (Å²) in [6, 6.07) is 0. The number of carbonyl (C=O) groups excluding carboxylic acids is 1. The highest BCUT2D eigenvalue weighted by Gasteiger charge is 2.30. The van der Waals surface area contributed by atoms with E-state index in [-0.39, 0.29) is 5.78 Å². The van der Waals surface area contributed by atoms with Crippen LogP contribution in [0.3, 0.4) is 0 Å². The number of hydrogen-bond donors (Lipinski definition) is 1. The minimum absolute atomic E-state index is 0.0606. The minimum atomic E-state index is -1.10. The molecule has 0 aliphatic heterocycles. The predicted molar refractivity (Wildman–Crippen MR) is 51.6 cm³/mol. The molecule has 0 heterocycles. The second kappa shape index (κ2) is 6.11. The van der Waals surface area contributed by atoms with Gasteiger partial charge < -0.3 is 9.84 Å². The first kappa shape index (κ1) is 12.6. The van der Waals surface area contributed by atoms with Crippen LogP contribution in [-0.4, -0.2) is 30.2 Å². The van der Waals surface area contributed by atoms with Crippen molar-refractivity contribution in [1.82, 2.24) is 0 Å². The molecular formula is C10H20O3. The van der Waals surface area contributed by atoms with Crippen LogP contribution >= 0.6 is 0 Å². The molecule has 13 heavy (non-hydrogen) atoms. The summed E-state index contributed by atoms with van der Waals surface area (Å²) in [4.78, 5) is 11.5. The Bertz CT molecular complexity index is 150. The fourth-order valence-electron chi connectivity index (χ4n) is 1.25. The first-order valence-electron chi connectivity index (χ1n) is 4.85. The van der Waals surface area contributed by atoms with Crippen LogP contribution in [0.4, 0.5) is 0 Å². The van der Waals surface area contributed by atoms with Gasteiger partial charge in [-0.25, -0.2) is 0 Å². The molecule has 0 aromatic heterocycles. The van der Waals surface area contributed by atoms with Crippen LogP contribution in [0.2, 0.25) is 0 Å². The monoisotopic (exact) mass is 188 g/mol. The number of rotatable bonds is 7. The topological polar surface area (TPSA) is 46.5 Å². The SMILES string of the molecule is CCC(O)(CC)C(=O)CCCOC. The van der Waals surface area contributed by atoms with E-state index < -0.39 is 5.60 Å². The molecule has 0 rings (SSSR count). The van der Waals surface area contributed by atoms with Crippen molar-refractivity contribution in [2.24, 2.45) is 0 Å². The quantitative estimate of drug-likeness (QED) is 0.616. The highest BCUT2D eigenvalue weighted by Crippen LogP contribution is 2.18. The van der Waals surface area contributed by atoms with Gasteiger partial charge in [0.05, 0.1) is 0 Å². The van der Waals surface area contributed by atoms with Crippen LogP contribution in [0, 0.1) is 0 Å². The van der Waals surface area contributed by atoms with E-state index in [1.54, 1.807) is 7.11 Å². The van der Waals surface area contributed by atoms with Crippen molar-refractivity contribution in [2.45, 2.75) is 45.1 Å². The summed E-state index contributed by atoms with van der Waals surface area (Å²) >= 11 is 0. The molecule has 0 atom stereocenters. The van der Waals surface area contributed by atoms with Gasteiger partial charge in [0.15, 0.2) is 5.78 Å². The van der Waals surface area contributed by atoms with Gasteiger partial charge in [-0.1, -0.05) is 13.8 Å². The van der Waals surface area contributed by atoms with Gasteiger partial charge in [-0.05, 0) is 19.3 Å². The van der Waals surface area contributed by atoms with E-state index in [4.69, 9.17) is 4.74 Å². The van der Waals surface area contributed by atoms with Crippen LogP contribution in [0.15, 0.2) is 0 Å². The lowest BCUT2D eigenvalue weighted by molar-refractivity contribution is -0.138. The van der Waals surface area contributed by atoms with Crippen molar-refractivity contribution in [3.05, 3.63) is 0 Å². The third-order valence-corrected chi connectivity index (χ3v) is 2.44. The van der Waals surface area contributed by atoms with Crippen LogP contribution in [0.1, 0.15) is 39.5 Å². The molecule has 3 heteroatoms. The van der Waals surface area contributed by atoms with Crippen molar-refractivity contribution in [1.29, 1.82) is 0 Å². The zero-order valence-electron chi connectivity index (χ0n) is 8.80. The summed E-state index contributed by atoms with van der Waals surface area (Å²) in [6.45, 7) is 4.24. The zero-order valence-corrected chi connectivity index (χ0v) is 8.80. The number of carbonyl (C=O) groups is 1. The molecule has 0 saturated heterocycles. The summed E-state index contributed by atoms with van der Waals surface area (Å²) in [5, 5.41) is 9.81. The molecule has 0 spiro atoms. The maximum atomic E-state index is 11.5. The van der Waals surface area contributed by atoms with E-state index in [1.807, 2.05) is 13.8 Å². The maximum absolute atomic E-state index is 11.5. The van der Waals surface area contributed by atoms with Crippen molar-refractivity contribution in [2.75, 3.05) is 13.7 Å². The molecule has 0 unspecified atom stereocenters. The van der Waals surface area contributed by atoms with Crippen LogP contribution in [-0.2, 0) is 9.53 Å². The summed E-state index contributed by atoms with van der Waals surface area (Å²) in [5.41, 5.74) is -1.10. The fourth-order valence-corrected chi connectivity index (χ4v) is 1.25. The molecule has 0 aliphatic rings. The number of Topliss-reactive ketones (excluding diaryl/α,β-unsaturated/α-hetero) is 1. The van der Waals surface area contributed by atoms with Gasteiger partial charge in [0.2, 0.25) is 0 Å². The highest BCUT2D eigenvalue weighted by atomic mass is 16.5. The Kier molecular flexibility index (Phi) is 5.91. The standard InChI is InChI=1S/C10H20O3/c1-4-10(12,5-2)9(11)7-6-8-13-3/h12H,4-8H2,1-3H3. The van der Waals surface area contributed by atoms with Gasteiger partial charge in [0, 0.05) is 20.1 Å². The summed E-state index contributed by atoms with van der Waals surface area (Å²) < 4.78 is 4.84. The summed E-state index contributed by atoms with van der Waals surface area (Å²) in [6.07, 6.45) is 2.09.